The molecule has 3 nitrogen and oxygen atoms in total. The van der Waals surface area contributed by atoms with Crippen LogP contribution in [0.5, 0.6) is 0 Å². The fourth-order valence-electron chi connectivity index (χ4n) is 2.70. The molecular formula is C13H25NO2S. The highest BCUT2D eigenvalue weighted by Crippen LogP contribution is 2.42. The van der Waals surface area contributed by atoms with Gasteiger partial charge in [-0.05, 0) is 51.1 Å². The van der Waals surface area contributed by atoms with Gasteiger partial charge in [0, 0.05) is 5.25 Å². The van der Waals surface area contributed by atoms with E-state index < -0.39 is 11.4 Å². The Hall–Kier alpha value is -0.220. The summed E-state index contributed by atoms with van der Waals surface area (Å²) in [7, 11) is 0. The normalized spacial score (nSPS) is 23.4. The highest BCUT2D eigenvalue weighted by Gasteiger charge is 2.46. The average molecular weight is 259 g/mol. The van der Waals surface area contributed by atoms with Crippen molar-refractivity contribution < 1.29 is 9.90 Å². The van der Waals surface area contributed by atoms with Gasteiger partial charge in [-0.25, -0.2) is 0 Å². The van der Waals surface area contributed by atoms with Gasteiger partial charge in [-0.3, -0.25) is 4.79 Å². The number of rotatable bonds is 5. The van der Waals surface area contributed by atoms with Gasteiger partial charge in [-0.1, -0.05) is 13.8 Å². The Labute approximate surface area is 110 Å². The molecule has 2 N–H and O–H groups in total. The first-order valence-electron chi connectivity index (χ1n) is 6.51. The second-order valence-electron chi connectivity index (χ2n) is 5.76. The molecule has 1 aliphatic rings. The number of piperidine rings is 1. The van der Waals surface area contributed by atoms with Gasteiger partial charge in [0.2, 0.25) is 0 Å². The van der Waals surface area contributed by atoms with Crippen LogP contribution in [0.1, 0.15) is 40.0 Å². The molecule has 0 radical (unpaired) electrons. The first kappa shape index (κ1) is 14.8. The molecule has 100 valence electrons. The Balaban J connectivity index is 2.83. The van der Waals surface area contributed by atoms with Crippen LogP contribution >= 0.6 is 12.6 Å². The predicted octanol–water partition coefficient (Wildman–Crippen LogP) is 2.42. The summed E-state index contributed by atoms with van der Waals surface area (Å²) < 4.78 is 0. The molecule has 0 aromatic rings. The number of aliphatic carboxylic acids is 1. The maximum Gasteiger partial charge on any atom is 0.310 e. The maximum atomic E-state index is 11.7. The summed E-state index contributed by atoms with van der Waals surface area (Å²) in [5.74, 6) is 0.0328. The average Bonchev–Trinajstić information content (AvgIpc) is 2.27. The lowest BCUT2D eigenvalue weighted by Crippen LogP contribution is -2.47. The molecule has 2 atom stereocenters. The lowest BCUT2D eigenvalue weighted by atomic mass is 9.68. The van der Waals surface area contributed by atoms with Crippen LogP contribution in [0.4, 0.5) is 0 Å². The Morgan fingerprint density at radius 1 is 1.47 bits per heavy atom. The zero-order valence-corrected chi connectivity index (χ0v) is 12.0. The van der Waals surface area contributed by atoms with Crippen LogP contribution in [0.3, 0.4) is 0 Å². The maximum absolute atomic E-state index is 11.7. The van der Waals surface area contributed by atoms with Crippen molar-refractivity contribution in [2.24, 2.45) is 17.3 Å². The van der Waals surface area contributed by atoms with Gasteiger partial charge in [-0.2, -0.15) is 12.6 Å². The van der Waals surface area contributed by atoms with Gasteiger partial charge in [0.05, 0.1) is 5.41 Å². The molecule has 1 aliphatic heterocycles. The second-order valence-corrected chi connectivity index (χ2v) is 6.38. The summed E-state index contributed by atoms with van der Waals surface area (Å²) >= 11 is 4.60. The molecule has 4 heteroatoms. The van der Waals surface area contributed by atoms with Crippen molar-refractivity contribution in [1.82, 2.24) is 5.32 Å². The van der Waals surface area contributed by atoms with Gasteiger partial charge in [0.15, 0.2) is 0 Å². The van der Waals surface area contributed by atoms with Crippen molar-refractivity contribution in [3.05, 3.63) is 0 Å². The van der Waals surface area contributed by atoms with E-state index in [2.05, 4.69) is 31.8 Å². The first-order chi connectivity index (χ1) is 7.89. The highest BCUT2D eigenvalue weighted by molar-refractivity contribution is 7.81. The lowest BCUT2D eigenvalue weighted by Gasteiger charge is -2.41. The van der Waals surface area contributed by atoms with E-state index in [1.807, 2.05) is 6.92 Å². The topological polar surface area (TPSA) is 49.3 Å². The van der Waals surface area contributed by atoms with Gasteiger partial charge in [0.1, 0.15) is 0 Å². The molecule has 0 bridgehead atoms. The number of thiol groups is 1. The molecule has 1 rings (SSSR count). The molecule has 0 spiro atoms. The van der Waals surface area contributed by atoms with Crippen LogP contribution in [0.15, 0.2) is 0 Å². The summed E-state index contributed by atoms with van der Waals surface area (Å²) in [5, 5.41) is 12.8. The number of hydrogen-bond acceptors (Lipinski definition) is 3. The third-order valence-electron chi connectivity index (χ3n) is 4.03. The van der Waals surface area contributed by atoms with E-state index >= 15 is 0 Å². The van der Waals surface area contributed by atoms with Gasteiger partial charge in [0.25, 0.3) is 0 Å². The summed E-state index contributed by atoms with van der Waals surface area (Å²) in [6.07, 6.45) is 2.74. The Morgan fingerprint density at radius 2 is 2.00 bits per heavy atom. The van der Waals surface area contributed by atoms with E-state index in [1.165, 1.54) is 0 Å². The van der Waals surface area contributed by atoms with Crippen LogP contribution in [0.2, 0.25) is 0 Å². The van der Waals surface area contributed by atoms with Gasteiger partial charge < -0.3 is 10.4 Å². The van der Waals surface area contributed by atoms with Crippen LogP contribution in [-0.2, 0) is 4.79 Å². The minimum Gasteiger partial charge on any atom is -0.481 e. The third kappa shape index (κ3) is 3.38. The minimum atomic E-state index is -0.699. The summed E-state index contributed by atoms with van der Waals surface area (Å²) in [5.41, 5.74) is -0.699. The third-order valence-corrected chi connectivity index (χ3v) is 4.78. The van der Waals surface area contributed by atoms with E-state index in [1.54, 1.807) is 0 Å². The quantitative estimate of drug-likeness (QED) is 0.665. The largest absolute Gasteiger partial charge is 0.481 e. The molecule has 0 aromatic heterocycles. The van der Waals surface area contributed by atoms with E-state index in [0.29, 0.717) is 5.92 Å². The number of carboxylic acids is 1. The van der Waals surface area contributed by atoms with Gasteiger partial charge >= 0.3 is 5.97 Å². The van der Waals surface area contributed by atoms with E-state index in [9.17, 15) is 9.90 Å². The first-order valence-corrected chi connectivity index (χ1v) is 7.02. The molecule has 2 unspecified atom stereocenters. The number of carbonyl (C=O) groups is 1. The molecule has 1 fully saturated rings. The molecule has 0 aromatic carbocycles. The highest BCUT2D eigenvalue weighted by atomic mass is 32.1. The van der Waals surface area contributed by atoms with Crippen molar-refractivity contribution in [2.45, 2.75) is 45.3 Å². The minimum absolute atomic E-state index is 0.0666. The molecular weight excluding hydrogens is 234 g/mol. The van der Waals surface area contributed by atoms with Gasteiger partial charge in [-0.15, -0.1) is 0 Å². The van der Waals surface area contributed by atoms with Crippen molar-refractivity contribution in [3.63, 3.8) is 0 Å². The van der Waals surface area contributed by atoms with E-state index in [0.717, 1.165) is 32.4 Å². The zero-order chi connectivity index (χ0) is 13.1. The number of nitrogens with one attached hydrogen (secondary N) is 1. The van der Waals surface area contributed by atoms with E-state index in [4.69, 9.17) is 0 Å². The number of hydrogen-bond donors (Lipinski definition) is 3. The molecule has 0 amide bonds. The number of carboxylic acid groups (broad SMARTS) is 1. The Bertz CT molecular complexity index is 264. The molecule has 17 heavy (non-hydrogen) atoms. The lowest BCUT2D eigenvalue weighted by molar-refractivity contribution is -0.152. The standard InChI is InChI=1S/C13H25NO2S/c1-9(2)8-11(17)13(3,12(15)16)10-4-6-14-7-5-10/h9-11,14,17H,4-8H2,1-3H3,(H,15,16). The molecule has 0 saturated carbocycles. The van der Waals surface area contributed by atoms with Crippen LogP contribution in [0, 0.1) is 17.3 Å². The summed E-state index contributed by atoms with van der Waals surface area (Å²) in [6.45, 7) is 7.97. The Morgan fingerprint density at radius 3 is 2.41 bits per heavy atom. The summed E-state index contributed by atoms with van der Waals surface area (Å²) in [4.78, 5) is 11.7. The Kier molecular flexibility index (Phi) is 5.32. The second kappa shape index (κ2) is 6.10. The molecule has 0 aliphatic carbocycles. The van der Waals surface area contributed by atoms with Crippen molar-refractivity contribution in [1.29, 1.82) is 0 Å². The zero-order valence-electron chi connectivity index (χ0n) is 11.1. The molecule has 1 heterocycles. The van der Waals surface area contributed by atoms with E-state index in [-0.39, 0.29) is 11.2 Å². The summed E-state index contributed by atoms with van der Waals surface area (Å²) in [6, 6.07) is 0. The fraction of sp³-hybridized carbons (Fsp3) is 0.923. The molecule has 1 saturated heterocycles. The fourth-order valence-corrected chi connectivity index (χ4v) is 3.45. The van der Waals surface area contributed by atoms with Crippen molar-refractivity contribution in [2.75, 3.05) is 13.1 Å². The predicted molar refractivity (Wildman–Crippen MR) is 73.6 cm³/mol. The smallest absolute Gasteiger partial charge is 0.310 e. The monoisotopic (exact) mass is 259 g/mol. The van der Waals surface area contributed by atoms with Crippen LogP contribution in [0.25, 0.3) is 0 Å². The van der Waals surface area contributed by atoms with Crippen molar-refractivity contribution >= 4 is 18.6 Å². The van der Waals surface area contributed by atoms with Crippen LogP contribution < -0.4 is 5.32 Å². The SMILES string of the molecule is CC(C)CC(S)C(C)(C(=O)O)C1CCNCC1. The van der Waals surface area contributed by atoms with Crippen molar-refractivity contribution in [3.8, 4) is 0 Å². The van der Waals surface area contributed by atoms with Crippen LogP contribution in [-0.4, -0.2) is 29.4 Å².